The topological polar surface area (TPSA) is 93.0 Å². The number of nitrogens with zero attached hydrogens (tertiary/aromatic N) is 1. The zero-order valence-corrected chi connectivity index (χ0v) is 11.7. The third-order valence-electron chi connectivity index (χ3n) is 3.15. The van der Waals surface area contributed by atoms with Crippen LogP contribution in [0.3, 0.4) is 0 Å². The van der Waals surface area contributed by atoms with Crippen molar-refractivity contribution in [3.63, 3.8) is 0 Å². The fraction of sp³-hybridized carbons (Fsp3) is 0.429. The van der Waals surface area contributed by atoms with Gasteiger partial charge in [-0.25, -0.2) is 4.98 Å². The van der Waals surface area contributed by atoms with E-state index in [4.69, 9.17) is 10.5 Å². The van der Waals surface area contributed by atoms with E-state index in [1.54, 1.807) is 0 Å². The molecule has 2 unspecified atom stereocenters. The molecule has 6 heteroatoms. The normalized spacial score (nSPS) is 14.2. The number of rotatable bonds is 6. The van der Waals surface area contributed by atoms with Crippen molar-refractivity contribution in [3.8, 4) is 0 Å². The van der Waals surface area contributed by atoms with E-state index in [1.165, 1.54) is 7.11 Å². The molecule has 108 valence electrons. The largest absolute Gasteiger partial charge is 0.383 e. The molecule has 2 aromatic rings. The number of amides is 1. The van der Waals surface area contributed by atoms with Gasteiger partial charge in [-0.2, -0.15) is 0 Å². The average Bonchev–Trinajstić information content (AvgIpc) is 2.88. The molecule has 0 saturated heterocycles. The molecule has 4 N–H and O–H groups in total. The summed E-state index contributed by atoms with van der Waals surface area (Å²) in [5.41, 5.74) is 7.56. The minimum absolute atomic E-state index is 0.183. The standard InChI is InChI=1S/C14H20N4O2/c1-3-10(18-14(19)9(15)8-20-2)13-16-11-6-4-5-7-12(11)17-13/h4-7,9-10H,3,8,15H2,1-2H3,(H,16,17)(H,18,19). The summed E-state index contributed by atoms with van der Waals surface area (Å²) in [6, 6.07) is 6.91. The molecule has 0 radical (unpaired) electrons. The van der Waals surface area contributed by atoms with Gasteiger partial charge in [-0.1, -0.05) is 19.1 Å². The number of benzene rings is 1. The van der Waals surface area contributed by atoms with E-state index in [0.717, 1.165) is 23.3 Å². The smallest absolute Gasteiger partial charge is 0.239 e. The molecule has 6 nitrogen and oxygen atoms in total. The monoisotopic (exact) mass is 276 g/mol. The van der Waals surface area contributed by atoms with E-state index < -0.39 is 6.04 Å². The second kappa shape index (κ2) is 6.49. The van der Waals surface area contributed by atoms with Gasteiger partial charge in [0.05, 0.1) is 23.7 Å². The molecule has 0 fully saturated rings. The maximum Gasteiger partial charge on any atom is 0.239 e. The number of hydrogen-bond acceptors (Lipinski definition) is 4. The van der Waals surface area contributed by atoms with Crippen molar-refractivity contribution in [2.24, 2.45) is 5.73 Å². The number of nitrogens with one attached hydrogen (secondary N) is 2. The predicted molar refractivity (Wildman–Crippen MR) is 77.1 cm³/mol. The molecule has 20 heavy (non-hydrogen) atoms. The number of carbonyl (C=O) groups is 1. The van der Waals surface area contributed by atoms with Crippen molar-refractivity contribution in [1.29, 1.82) is 0 Å². The Morgan fingerprint density at radius 1 is 1.50 bits per heavy atom. The van der Waals surface area contributed by atoms with Crippen LogP contribution >= 0.6 is 0 Å². The summed E-state index contributed by atoms with van der Waals surface area (Å²) in [6.07, 6.45) is 0.727. The van der Waals surface area contributed by atoms with Crippen LogP contribution in [0.5, 0.6) is 0 Å². The van der Waals surface area contributed by atoms with Gasteiger partial charge in [-0.15, -0.1) is 0 Å². The first-order chi connectivity index (χ1) is 9.65. The lowest BCUT2D eigenvalue weighted by molar-refractivity contribution is -0.124. The van der Waals surface area contributed by atoms with Crippen LogP contribution in [0.1, 0.15) is 25.2 Å². The van der Waals surface area contributed by atoms with Gasteiger partial charge in [0.15, 0.2) is 0 Å². The number of methoxy groups -OCH3 is 1. The molecule has 1 aromatic heterocycles. The molecule has 1 aromatic carbocycles. The number of aromatic amines is 1. The molecule has 1 amide bonds. The van der Waals surface area contributed by atoms with Crippen LogP contribution in [-0.2, 0) is 9.53 Å². The number of hydrogen-bond donors (Lipinski definition) is 3. The molecule has 0 aliphatic heterocycles. The number of aromatic nitrogens is 2. The van der Waals surface area contributed by atoms with Gasteiger partial charge < -0.3 is 20.8 Å². The van der Waals surface area contributed by atoms with Gasteiger partial charge in [-0.3, -0.25) is 4.79 Å². The van der Waals surface area contributed by atoms with Crippen molar-refractivity contribution in [2.45, 2.75) is 25.4 Å². The van der Waals surface area contributed by atoms with Crippen LogP contribution in [0.15, 0.2) is 24.3 Å². The Hall–Kier alpha value is -1.92. The Balaban J connectivity index is 2.13. The number of ether oxygens (including phenoxy) is 1. The summed E-state index contributed by atoms with van der Waals surface area (Å²) in [4.78, 5) is 19.7. The molecule has 0 saturated carbocycles. The van der Waals surface area contributed by atoms with Gasteiger partial charge in [0.1, 0.15) is 11.9 Å². The highest BCUT2D eigenvalue weighted by molar-refractivity contribution is 5.82. The number of H-pyrrole nitrogens is 1. The first-order valence-corrected chi connectivity index (χ1v) is 6.65. The highest BCUT2D eigenvalue weighted by atomic mass is 16.5. The number of fused-ring (bicyclic) bond motifs is 1. The molecule has 0 spiro atoms. The van der Waals surface area contributed by atoms with Gasteiger partial charge in [0.25, 0.3) is 0 Å². The highest BCUT2D eigenvalue weighted by Crippen LogP contribution is 2.18. The molecule has 0 aliphatic rings. The lowest BCUT2D eigenvalue weighted by Gasteiger charge is -2.17. The van der Waals surface area contributed by atoms with E-state index in [1.807, 2.05) is 31.2 Å². The van der Waals surface area contributed by atoms with Crippen molar-refractivity contribution in [3.05, 3.63) is 30.1 Å². The number of carbonyl (C=O) groups excluding carboxylic acids is 1. The maximum atomic E-state index is 11.9. The Morgan fingerprint density at radius 2 is 2.25 bits per heavy atom. The number of para-hydroxylation sites is 2. The fourth-order valence-electron chi connectivity index (χ4n) is 2.04. The summed E-state index contributed by atoms with van der Waals surface area (Å²) in [5, 5.41) is 2.89. The quantitative estimate of drug-likeness (QED) is 0.736. The highest BCUT2D eigenvalue weighted by Gasteiger charge is 2.20. The first kappa shape index (κ1) is 14.5. The number of imidazole rings is 1. The molecule has 2 rings (SSSR count). The summed E-state index contributed by atoms with van der Waals surface area (Å²) in [6.45, 7) is 2.18. The summed E-state index contributed by atoms with van der Waals surface area (Å²) in [5.74, 6) is 0.505. The van der Waals surface area contributed by atoms with Gasteiger partial charge in [-0.05, 0) is 18.6 Å². The van der Waals surface area contributed by atoms with E-state index in [0.29, 0.717) is 0 Å². The summed E-state index contributed by atoms with van der Waals surface area (Å²) < 4.78 is 4.88. The Morgan fingerprint density at radius 3 is 2.90 bits per heavy atom. The fourth-order valence-corrected chi connectivity index (χ4v) is 2.04. The van der Waals surface area contributed by atoms with Gasteiger partial charge in [0, 0.05) is 7.11 Å². The zero-order valence-electron chi connectivity index (χ0n) is 11.7. The predicted octanol–water partition coefficient (Wildman–Crippen LogP) is 1.10. The van der Waals surface area contributed by atoms with E-state index >= 15 is 0 Å². The second-order valence-electron chi connectivity index (χ2n) is 4.67. The lowest BCUT2D eigenvalue weighted by atomic mass is 10.2. The maximum absolute atomic E-state index is 11.9. The third kappa shape index (κ3) is 3.15. The Kier molecular flexibility index (Phi) is 4.70. The van der Waals surface area contributed by atoms with Crippen molar-refractivity contribution in [1.82, 2.24) is 15.3 Å². The van der Waals surface area contributed by atoms with Crippen LogP contribution in [0.4, 0.5) is 0 Å². The molecule has 0 bridgehead atoms. The average molecular weight is 276 g/mol. The Labute approximate surface area is 117 Å². The van der Waals surface area contributed by atoms with E-state index in [-0.39, 0.29) is 18.6 Å². The molecule has 0 aliphatic carbocycles. The van der Waals surface area contributed by atoms with Gasteiger partial charge in [0.2, 0.25) is 5.91 Å². The molecular weight excluding hydrogens is 256 g/mol. The van der Waals surface area contributed by atoms with Crippen LogP contribution in [0.25, 0.3) is 11.0 Å². The van der Waals surface area contributed by atoms with Crippen molar-refractivity contribution < 1.29 is 9.53 Å². The molecule has 1 heterocycles. The minimum Gasteiger partial charge on any atom is -0.383 e. The zero-order chi connectivity index (χ0) is 14.5. The molecular formula is C14H20N4O2. The van der Waals surface area contributed by atoms with Crippen molar-refractivity contribution >= 4 is 16.9 Å². The third-order valence-corrected chi connectivity index (χ3v) is 3.15. The van der Waals surface area contributed by atoms with Crippen LogP contribution in [0.2, 0.25) is 0 Å². The first-order valence-electron chi connectivity index (χ1n) is 6.65. The van der Waals surface area contributed by atoms with Crippen molar-refractivity contribution in [2.75, 3.05) is 13.7 Å². The van der Waals surface area contributed by atoms with Gasteiger partial charge >= 0.3 is 0 Å². The van der Waals surface area contributed by atoms with Crippen LogP contribution in [-0.4, -0.2) is 35.6 Å². The molecule has 2 atom stereocenters. The summed E-state index contributed by atoms with van der Waals surface area (Å²) >= 11 is 0. The Bertz CT molecular complexity index is 548. The SMILES string of the molecule is CCC(NC(=O)C(N)COC)c1nc2ccccc2[nH]1. The van der Waals surface area contributed by atoms with E-state index in [2.05, 4.69) is 15.3 Å². The lowest BCUT2D eigenvalue weighted by Crippen LogP contribution is -2.44. The van der Waals surface area contributed by atoms with E-state index in [9.17, 15) is 4.79 Å². The minimum atomic E-state index is -0.668. The summed E-state index contributed by atoms with van der Waals surface area (Å²) in [7, 11) is 1.52. The van der Waals surface area contributed by atoms with Crippen LogP contribution in [0, 0.1) is 0 Å². The number of nitrogens with two attached hydrogens (primary N) is 1. The second-order valence-corrected chi connectivity index (χ2v) is 4.67. The van der Waals surface area contributed by atoms with Crippen LogP contribution < -0.4 is 11.1 Å².